The molecule has 0 aliphatic carbocycles. The van der Waals surface area contributed by atoms with Gasteiger partial charge in [-0.15, -0.1) is 0 Å². The van der Waals surface area contributed by atoms with Crippen molar-refractivity contribution in [1.29, 1.82) is 0 Å². The number of anilines is 1. The van der Waals surface area contributed by atoms with E-state index in [2.05, 4.69) is 21.2 Å². The summed E-state index contributed by atoms with van der Waals surface area (Å²) in [6.45, 7) is 1.53. The van der Waals surface area contributed by atoms with Crippen molar-refractivity contribution in [2.75, 3.05) is 11.1 Å². The first-order chi connectivity index (χ1) is 10.3. The zero-order chi connectivity index (χ0) is 16.3. The van der Waals surface area contributed by atoms with E-state index in [4.69, 9.17) is 0 Å². The molecular weight excluding hydrogens is 370 g/mol. The predicted molar refractivity (Wildman–Crippen MR) is 87.9 cm³/mol. The summed E-state index contributed by atoms with van der Waals surface area (Å²) in [5.41, 5.74) is 0.442. The normalized spacial score (nSPS) is 11.2. The molecule has 0 bridgehead atoms. The van der Waals surface area contributed by atoms with Gasteiger partial charge in [0.05, 0.1) is 16.3 Å². The Kier molecular flexibility index (Phi) is 4.87. The number of amides is 1. The van der Waals surface area contributed by atoms with Gasteiger partial charge in [0.15, 0.2) is 9.84 Å². The molecule has 0 saturated carbocycles. The number of nitrogens with one attached hydrogen (secondary N) is 1. The highest BCUT2D eigenvalue weighted by Crippen LogP contribution is 2.27. The molecule has 0 fully saturated rings. The first-order valence-corrected chi connectivity index (χ1v) is 8.90. The highest BCUT2D eigenvalue weighted by molar-refractivity contribution is 9.10. The summed E-state index contributed by atoms with van der Waals surface area (Å²) in [5.74, 6) is -0.697. The van der Waals surface area contributed by atoms with Crippen molar-refractivity contribution in [2.45, 2.75) is 11.8 Å². The highest BCUT2D eigenvalue weighted by Gasteiger charge is 2.16. The quantitative estimate of drug-likeness (QED) is 0.793. The fourth-order valence-corrected chi connectivity index (χ4v) is 3.10. The summed E-state index contributed by atoms with van der Waals surface area (Å²) in [6.07, 6.45) is 0. The third-order valence-corrected chi connectivity index (χ3v) is 5.27. The second-order valence-electron chi connectivity index (χ2n) is 4.55. The maximum Gasteiger partial charge on any atom is 0.255 e. The van der Waals surface area contributed by atoms with Crippen LogP contribution in [0.3, 0.4) is 0 Å². The van der Waals surface area contributed by atoms with Crippen LogP contribution in [0.15, 0.2) is 51.8 Å². The number of phenols is 1. The topological polar surface area (TPSA) is 83.5 Å². The van der Waals surface area contributed by atoms with Crippen molar-refractivity contribution in [3.05, 3.63) is 52.5 Å². The zero-order valence-corrected chi connectivity index (χ0v) is 14.1. The summed E-state index contributed by atoms with van der Waals surface area (Å²) in [5, 5.41) is 12.3. The van der Waals surface area contributed by atoms with Gasteiger partial charge in [0.2, 0.25) is 0 Å². The van der Waals surface area contributed by atoms with Crippen LogP contribution in [0, 0.1) is 0 Å². The molecule has 0 radical (unpaired) electrons. The Morgan fingerprint density at radius 1 is 1.23 bits per heavy atom. The van der Waals surface area contributed by atoms with Gasteiger partial charge in [0.25, 0.3) is 5.91 Å². The minimum absolute atomic E-state index is 0.0531. The minimum atomic E-state index is -3.41. The fourth-order valence-electron chi connectivity index (χ4n) is 1.80. The molecule has 0 spiro atoms. The van der Waals surface area contributed by atoms with Crippen LogP contribution in [0.4, 0.5) is 5.69 Å². The standard InChI is InChI=1S/C15H14BrNO4S/c1-2-22(20,21)12-6-7-14(18)13(9-12)17-15(19)10-4-3-5-11(16)8-10/h3-9,18H,2H2,1H3,(H,17,19). The smallest absolute Gasteiger partial charge is 0.255 e. The lowest BCUT2D eigenvalue weighted by Crippen LogP contribution is -2.13. The Labute approximate surface area is 137 Å². The summed E-state index contributed by atoms with van der Waals surface area (Å²) >= 11 is 3.27. The maximum atomic E-state index is 12.2. The molecule has 116 valence electrons. The third-order valence-electron chi connectivity index (χ3n) is 3.04. The van der Waals surface area contributed by atoms with E-state index >= 15 is 0 Å². The maximum absolute atomic E-state index is 12.2. The number of halogens is 1. The van der Waals surface area contributed by atoms with Crippen molar-refractivity contribution < 1.29 is 18.3 Å². The molecule has 0 saturated heterocycles. The van der Waals surface area contributed by atoms with Gasteiger partial charge < -0.3 is 10.4 Å². The van der Waals surface area contributed by atoms with Gasteiger partial charge >= 0.3 is 0 Å². The second-order valence-corrected chi connectivity index (χ2v) is 7.74. The molecule has 5 nitrogen and oxygen atoms in total. The number of carbonyl (C=O) groups excluding carboxylic acids is 1. The summed E-state index contributed by atoms with van der Waals surface area (Å²) in [7, 11) is -3.41. The molecule has 22 heavy (non-hydrogen) atoms. The van der Waals surface area contributed by atoms with E-state index in [0.717, 1.165) is 4.47 Å². The van der Waals surface area contributed by atoms with E-state index in [1.807, 2.05) is 0 Å². The van der Waals surface area contributed by atoms with Crippen molar-refractivity contribution in [2.24, 2.45) is 0 Å². The van der Waals surface area contributed by atoms with Crippen LogP contribution in [0.25, 0.3) is 0 Å². The van der Waals surface area contributed by atoms with E-state index in [0.29, 0.717) is 5.56 Å². The average molecular weight is 384 g/mol. The van der Waals surface area contributed by atoms with Crippen molar-refractivity contribution in [3.63, 3.8) is 0 Å². The van der Waals surface area contributed by atoms with Crippen LogP contribution in [-0.4, -0.2) is 25.2 Å². The summed E-state index contributed by atoms with van der Waals surface area (Å²) in [4.78, 5) is 12.2. The predicted octanol–water partition coefficient (Wildman–Crippen LogP) is 3.20. The molecule has 7 heteroatoms. The van der Waals surface area contributed by atoms with E-state index < -0.39 is 15.7 Å². The monoisotopic (exact) mass is 383 g/mol. The lowest BCUT2D eigenvalue weighted by Gasteiger charge is -2.10. The number of hydrogen-bond acceptors (Lipinski definition) is 4. The third kappa shape index (κ3) is 3.66. The largest absolute Gasteiger partial charge is 0.506 e. The molecule has 0 heterocycles. The number of sulfone groups is 1. The first kappa shape index (κ1) is 16.5. The number of carbonyl (C=O) groups is 1. The zero-order valence-electron chi connectivity index (χ0n) is 11.7. The molecule has 1 amide bonds. The SMILES string of the molecule is CCS(=O)(=O)c1ccc(O)c(NC(=O)c2cccc(Br)c2)c1. The lowest BCUT2D eigenvalue weighted by molar-refractivity contribution is 0.102. The van der Waals surface area contributed by atoms with Crippen LogP contribution in [0.5, 0.6) is 5.75 Å². The molecule has 2 N–H and O–H groups in total. The fraction of sp³-hybridized carbons (Fsp3) is 0.133. The summed E-state index contributed by atoms with van der Waals surface area (Å²) < 4.78 is 24.5. The molecule has 0 atom stereocenters. The number of benzene rings is 2. The van der Waals surface area contributed by atoms with Crippen molar-refractivity contribution >= 4 is 37.4 Å². The molecule has 2 aromatic carbocycles. The number of rotatable bonds is 4. The Hall–Kier alpha value is -1.86. The Balaban J connectivity index is 2.33. The Morgan fingerprint density at radius 3 is 2.59 bits per heavy atom. The molecule has 0 unspecified atom stereocenters. The van der Waals surface area contributed by atoms with Gasteiger partial charge in [-0.25, -0.2) is 8.42 Å². The molecule has 0 aliphatic rings. The highest BCUT2D eigenvalue weighted by atomic mass is 79.9. The van der Waals surface area contributed by atoms with E-state index in [1.165, 1.54) is 25.1 Å². The summed E-state index contributed by atoms with van der Waals surface area (Å²) in [6, 6.07) is 10.5. The van der Waals surface area contributed by atoms with Crippen LogP contribution >= 0.6 is 15.9 Å². The van der Waals surface area contributed by atoms with E-state index in [1.54, 1.807) is 24.3 Å². The van der Waals surface area contributed by atoms with Crippen molar-refractivity contribution in [3.8, 4) is 5.75 Å². The Morgan fingerprint density at radius 2 is 1.95 bits per heavy atom. The Bertz CT molecular complexity index is 818. The van der Waals surface area contributed by atoms with E-state index in [-0.39, 0.29) is 22.1 Å². The van der Waals surface area contributed by atoms with Gasteiger partial charge in [-0.1, -0.05) is 28.9 Å². The van der Waals surface area contributed by atoms with Gasteiger partial charge in [-0.2, -0.15) is 0 Å². The average Bonchev–Trinajstić information content (AvgIpc) is 2.49. The van der Waals surface area contributed by atoms with Crippen LogP contribution in [-0.2, 0) is 9.84 Å². The molecular formula is C15H14BrNO4S. The van der Waals surface area contributed by atoms with Crippen molar-refractivity contribution in [1.82, 2.24) is 0 Å². The lowest BCUT2D eigenvalue weighted by atomic mass is 10.2. The molecule has 0 aromatic heterocycles. The molecule has 0 aliphatic heterocycles. The molecule has 2 aromatic rings. The number of aromatic hydroxyl groups is 1. The number of phenolic OH excluding ortho intramolecular Hbond substituents is 1. The van der Waals surface area contributed by atoms with Gasteiger partial charge in [-0.05, 0) is 36.4 Å². The van der Waals surface area contributed by atoms with E-state index in [9.17, 15) is 18.3 Å². The minimum Gasteiger partial charge on any atom is -0.506 e. The van der Waals surface area contributed by atoms with Crippen LogP contribution in [0.1, 0.15) is 17.3 Å². The van der Waals surface area contributed by atoms with Crippen LogP contribution < -0.4 is 5.32 Å². The van der Waals surface area contributed by atoms with Gasteiger partial charge in [-0.3, -0.25) is 4.79 Å². The van der Waals surface area contributed by atoms with Gasteiger partial charge in [0.1, 0.15) is 5.75 Å². The first-order valence-electron chi connectivity index (χ1n) is 6.46. The van der Waals surface area contributed by atoms with Gasteiger partial charge in [0, 0.05) is 10.0 Å². The second kappa shape index (κ2) is 6.50. The number of hydrogen-bond donors (Lipinski definition) is 2. The molecule has 2 rings (SSSR count). The van der Waals surface area contributed by atoms with Crippen LogP contribution in [0.2, 0.25) is 0 Å².